The molecule has 0 bridgehead atoms. The normalized spacial score (nSPS) is 10.4. The van der Waals surface area contributed by atoms with Crippen LogP contribution in [0.1, 0.15) is 13.3 Å². The lowest BCUT2D eigenvalue weighted by Crippen LogP contribution is -2.06. The number of hydrogen-bond acceptors (Lipinski definition) is 6. The Morgan fingerprint density at radius 1 is 1.53 bits per heavy atom. The first kappa shape index (κ1) is 12.9. The summed E-state index contributed by atoms with van der Waals surface area (Å²) in [6.45, 7) is 2.69. The van der Waals surface area contributed by atoms with E-state index in [0.717, 1.165) is 6.42 Å². The molecule has 0 unspecified atom stereocenters. The summed E-state index contributed by atoms with van der Waals surface area (Å²) in [4.78, 5) is 18.6. The van der Waals surface area contributed by atoms with E-state index in [1.807, 2.05) is 6.92 Å². The highest BCUT2D eigenvalue weighted by molar-refractivity contribution is 5.66. The van der Waals surface area contributed by atoms with E-state index in [0.29, 0.717) is 18.2 Å². The number of aryl methyl sites for hydroxylation is 1. The Hall–Kier alpha value is -2.51. The molecule has 2 rings (SSSR count). The molecule has 0 saturated heterocycles. The van der Waals surface area contributed by atoms with E-state index >= 15 is 0 Å². The molecule has 19 heavy (non-hydrogen) atoms. The van der Waals surface area contributed by atoms with Gasteiger partial charge in [-0.25, -0.2) is 9.97 Å². The minimum absolute atomic E-state index is 0.128. The monoisotopic (exact) mass is 262 g/mol. The zero-order valence-corrected chi connectivity index (χ0v) is 10.7. The Morgan fingerprint density at radius 2 is 2.32 bits per heavy atom. The Bertz CT molecular complexity index is 595. The molecule has 2 heterocycles. The van der Waals surface area contributed by atoms with Gasteiger partial charge in [-0.2, -0.15) is 5.10 Å². The van der Waals surface area contributed by atoms with Crippen molar-refractivity contribution in [2.24, 2.45) is 0 Å². The Labute approximate surface area is 109 Å². The Balaban J connectivity index is 2.58. The Morgan fingerprint density at radius 3 is 2.95 bits per heavy atom. The highest BCUT2D eigenvalue weighted by atomic mass is 16.6. The van der Waals surface area contributed by atoms with Crippen molar-refractivity contribution in [1.82, 2.24) is 19.7 Å². The van der Waals surface area contributed by atoms with Crippen molar-refractivity contribution in [3.05, 3.63) is 28.6 Å². The van der Waals surface area contributed by atoms with Gasteiger partial charge in [0.1, 0.15) is 6.20 Å². The van der Waals surface area contributed by atoms with Crippen LogP contribution in [0.15, 0.2) is 18.5 Å². The van der Waals surface area contributed by atoms with Gasteiger partial charge in [-0.3, -0.25) is 14.8 Å². The van der Waals surface area contributed by atoms with Gasteiger partial charge in [-0.15, -0.1) is 0 Å². The van der Waals surface area contributed by atoms with Crippen LogP contribution in [-0.4, -0.2) is 31.7 Å². The third kappa shape index (κ3) is 2.51. The molecule has 0 saturated carbocycles. The van der Waals surface area contributed by atoms with Crippen LogP contribution < -0.4 is 5.32 Å². The van der Waals surface area contributed by atoms with Gasteiger partial charge in [0.05, 0.1) is 10.6 Å². The number of rotatable bonds is 5. The number of anilines is 1. The third-order valence-corrected chi connectivity index (χ3v) is 2.58. The number of hydrogen-bond donors (Lipinski definition) is 1. The maximum Gasteiger partial charge on any atom is 0.315 e. The van der Waals surface area contributed by atoms with Crippen molar-refractivity contribution in [2.75, 3.05) is 12.4 Å². The number of nitrogens with one attached hydrogen (secondary N) is 1. The standard InChI is InChI=1S/C11H14N6O2/c1-3-6-16-8(4-5-14-16)10-9(17(18)19)7-13-11(12-2)15-10/h4-5,7H,3,6H2,1-2H3,(H,12,13,15). The third-order valence-electron chi connectivity index (χ3n) is 2.58. The van der Waals surface area contributed by atoms with Crippen LogP contribution in [-0.2, 0) is 6.54 Å². The summed E-state index contributed by atoms with van der Waals surface area (Å²) >= 11 is 0. The van der Waals surface area contributed by atoms with Crippen molar-refractivity contribution >= 4 is 11.6 Å². The second kappa shape index (κ2) is 5.42. The number of nitrogens with zero attached hydrogens (tertiary/aromatic N) is 5. The van der Waals surface area contributed by atoms with Gasteiger partial charge in [0.25, 0.3) is 0 Å². The molecule has 100 valence electrons. The molecule has 2 aromatic rings. The topological polar surface area (TPSA) is 98.8 Å². The lowest BCUT2D eigenvalue weighted by Gasteiger charge is -2.07. The first-order chi connectivity index (χ1) is 9.17. The molecule has 0 spiro atoms. The summed E-state index contributed by atoms with van der Waals surface area (Å²) in [5.41, 5.74) is 0.764. The van der Waals surface area contributed by atoms with E-state index in [4.69, 9.17) is 0 Å². The second-order valence-electron chi connectivity index (χ2n) is 3.87. The summed E-state index contributed by atoms with van der Waals surface area (Å²) in [7, 11) is 1.66. The van der Waals surface area contributed by atoms with Crippen molar-refractivity contribution in [2.45, 2.75) is 19.9 Å². The fraction of sp³-hybridized carbons (Fsp3) is 0.364. The van der Waals surface area contributed by atoms with Crippen molar-refractivity contribution in [1.29, 1.82) is 0 Å². The molecular formula is C11H14N6O2. The summed E-state index contributed by atoms with van der Waals surface area (Å²) < 4.78 is 1.70. The van der Waals surface area contributed by atoms with E-state index < -0.39 is 4.92 Å². The molecule has 8 heteroatoms. The van der Waals surface area contributed by atoms with Crippen molar-refractivity contribution in [3.8, 4) is 11.4 Å². The van der Waals surface area contributed by atoms with E-state index in [1.165, 1.54) is 6.20 Å². The fourth-order valence-corrected chi connectivity index (χ4v) is 1.74. The maximum atomic E-state index is 11.1. The van der Waals surface area contributed by atoms with Crippen LogP contribution in [0.25, 0.3) is 11.4 Å². The smallest absolute Gasteiger partial charge is 0.315 e. The molecular weight excluding hydrogens is 248 g/mol. The predicted octanol–water partition coefficient (Wildman–Crippen LogP) is 1.70. The lowest BCUT2D eigenvalue weighted by atomic mass is 10.2. The fourth-order valence-electron chi connectivity index (χ4n) is 1.74. The summed E-state index contributed by atoms with van der Waals surface area (Å²) in [5.74, 6) is 0.338. The predicted molar refractivity (Wildman–Crippen MR) is 69.7 cm³/mol. The highest BCUT2D eigenvalue weighted by Crippen LogP contribution is 2.27. The Kier molecular flexibility index (Phi) is 3.69. The van der Waals surface area contributed by atoms with Crippen LogP contribution in [0.3, 0.4) is 0 Å². The van der Waals surface area contributed by atoms with E-state index in [-0.39, 0.29) is 11.4 Å². The molecule has 0 aromatic carbocycles. The van der Waals surface area contributed by atoms with Crippen molar-refractivity contribution < 1.29 is 4.92 Å². The molecule has 0 aliphatic rings. The SMILES string of the molecule is CCCn1nccc1-c1nc(NC)ncc1[N+](=O)[O-]. The summed E-state index contributed by atoms with van der Waals surface area (Å²) in [5, 5.41) is 18.0. The molecule has 0 fully saturated rings. The summed E-state index contributed by atoms with van der Waals surface area (Å²) in [6.07, 6.45) is 3.69. The number of aromatic nitrogens is 4. The molecule has 1 N–H and O–H groups in total. The van der Waals surface area contributed by atoms with Gasteiger partial charge in [0.15, 0.2) is 5.69 Å². The highest BCUT2D eigenvalue weighted by Gasteiger charge is 2.21. The minimum atomic E-state index is -0.488. The van der Waals surface area contributed by atoms with Gasteiger partial charge in [-0.1, -0.05) is 6.92 Å². The molecule has 8 nitrogen and oxygen atoms in total. The van der Waals surface area contributed by atoms with E-state index in [2.05, 4.69) is 20.4 Å². The second-order valence-corrected chi connectivity index (χ2v) is 3.87. The van der Waals surface area contributed by atoms with Crippen LogP contribution >= 0.6 is 0 Å². The van der Waals surface area contributed by atoms with Gasteiger partial charge in [-0.05, 0) is 12.5 Å². The van der Waals surface area contributed by atoms with Gasteiger partial charge >= 0.3 is 5.69 Å². The maximum absolute atomic E-state index is 11.1. The summed E-state index contributed by atoms with van der Waals surface area (Å²) in [6, 6.07) is 1.71. The van der Waals surface area contributed by atoms with Gasteiger partial charge < -0.3 is 5.32 Å². The molecule has 0 atom stereocenters. The van der Waals surface area contributed by atoms with Gasteiger partial charge in [0.2, 0.25) is 5.95 Å². The van der Waals surface area contributed by atoms with Crippen LogP contribution in [0.4, 0.5) is 11.6 Å². The number of nitro groups is 1. The zero-order chi connectivity index (χ0) is 13.8. The molecule has 0 amide bonds. The van der Waals surface area contributed by atoms with E-state index in [1.54, 1.807) is 24.0 Å². The largest absolute Gasteiger partial charge is 0.357 e. The minimum Gasteiger partial charge on any atom is -0.357 e. The molecule has 0 aliphatic carbocycles. The van der Waals surface area contributed by atoms with Gasteiger partial charge in [0, 0.05) is 19.8 Å². The average molecular weight is 262 g/mol. The van der Waals surface area contributed by atoms with E-state index in [9.17, 15) is 10.1 Å². The molecule has 0 aliphatic heterocycles. The van der Waals surface area contributed by atoms with Crippen LogP contribution in [0.5, 0.6) is 0 Å². The van der Waals surface area contributed by atoms with Crippen molar-refractivity contribution in [3.63, 3.8) is 0 Å². The lowest BCUT2D eigenvalue weighted by molar-refractivity contribution is -0.384. The molecule has 2 aromatic heterocycles. The first-order valence-corrected chi connectivity index (χ1v) is 5.88. The average Bonchev–Trinajstić information content (AvgIpc) is 2.86. The quantitative estimate of drug-likeness (QED) is 0.650. The van der Waals surface area contributed by atoms with Crippen LogP contribution in [0, 0.1) is 10.1 Å². The van der Waals surface area contributed by atoms with Crippen LogP contribution in [0.2, 0.25) is 0 Å². The first-order valence-electron chi connectivity index (χ1n) is 5.88. The molecule has 0 radical (unpaired) electrons. The zero-order valence-electron chi connectivity index (χ0n) is 10.7.